The van der Waals surface area contributed by atoms with E-state index in [0.29, 0.717) is 0 Å². The van der Waals surface area contributed by atoms with Crippen molar-refractivity contribution in [1.82, 2.24) is 30.0 Å². The van der Waals surface area contributed by atoms with Crippen molar-refractivity contribution >= 4 is 0 Å². The number of rotatable bonds is 5. The van der Waals surface area contributed by atoms with Crippen molar-refractivity contribution in [1.29, 1.82) is 0 Å². The molecule has 140 valence electrons. The van der Waals surface area contributed by atoms with Gasteiger partial charge < -0.3 is 0 Å². The third-order valence-corrected chi connectivity index (χ3v) is 6.23. The van der Waals surface area contributed by atoms with Crippen LogP contribution in [0.3, 0.4) is 0 Å². The molecule has 4 rings (SSSR count). The molecule has 2 fully saturated rings. The molecular formula is C20H30N6. The third-order valence-electron chi connectivity index (χ3n) is 6.23. The molecule has 1 aliphatic heterocycles. The van der Waals surface area contributed by atoms with E-state index >= 15 is 0 Å². The van der Waals surface area contributed by atoms with E-state index in [-0.39, 0.29) is 5.54 Å². The number of nitrogens with zero attached hydrogens (tertiary/aromatic N) is 6. The normalized spacial score (nSPS) is 21.7. The first kappa shape index (κ1) is 17.6. The molecule has 0 N–H and O–H groups in total. The second-order valence-corrected chi connectivity index (χ2v) is 7.92. The van der Waals surface area contributed by atoms with Crippen molar-refractivity contribution < 1.29 is 0 Å². The number of hydrogen-bond donors (Lipinski definition) is 0. The first-order valence-corrected chi connectivity index (χ1v) is 9.99. The highest BCUT2D eigenvalue weighted by atomic mass is 15.5. The van der Waals surface area contributed by atoms with Gasteiger partial charge in [0.2, 0.25) is 0 Å². The van der Waals surface area contributed by atoms with Crippen molar-refractivity contribution in [2.75, 3.05) is 26.2 Å². The zero-order valence-corrected chi connectivity index (χ0v) is 15.8. The summed E-state index contributed by atoms with van der Waals surface area (Å²) >= 11 is 0. The number of tetrazole rings is 1. The lowest BCUT2D eigenvalue weighted by atomic mass is 9.79. The lowest BCUT2D eigenvalue weighted by Gasteiger charge is -2.49. The van der Waals surface area contributed by atoms with Crippen molar-refractivity contribution in [2.24, 2.45) is 0 Å². The van der Waals surface area contributed by atoms with Crippen LogP contribution in [0, 0.1) is 6.92 Å². The SMILES string of the molecule is Cc1nnnn1CC1(N2CCN(Cc3ccccc3)CC2)CCCCC1. The molecule has 6 heteroatoms. The average Bonchev–Trinajstić information content (AvgIpc) is 3.08. The van der Waals surface area contributed by atoms with Crippen LogP contribution in [0.25, 0.3) is 0 Å². The number of benzene rings is 1. The van der Waals surface area contributed by atoms with Gasteiger partial charge in [-0.15, -0.1) is 5.10 Å². The van der Waals surface area contributed by atoms with Crippen LogP contribution in [-0.4, -0.2) is 61.7 Å². The van der Waals surface area contributed by atoms with E-state index in [1.165, 1.54) is 37.7 Å². The Bertz CT molecular complexity index is 683. The number of hydrogen-bond acceptors (Lipinski definition) is 5. The maximum Gasteiger partial charge on any atom is 0.148 e. The molecule has 6 nitrogen and oxygen atoms in total. The molecular weight excluding hydrogens is 324 g/mol. The van der Waals surface area contributed by atoms with Gasteiger partial charge in [0, 0.05) is 38.3 Å². The maximum absolute atomic E-state index is 4.24. The standard InChI is InChI=1S/C20H30N6/c1-18-21-22-23-26(18)17-20(10-6-3-7-11-20)25-14-12-24(13-15-25)16-19-8-4-2-5-9-19/h2,4-5,8-9H,3,6-7,10-17H2,1H3. The Morgan fingerprint density at radius 3 is 2.35 bits per heavy atom. The van der Waals surface area contributed by atoms with Gasteiger partial charge in [-0.25, -0.2) is 4.68 Å². The van der Waals surface area contributed by atoms with E-state index in [4.69, 9.17) is 0 Å². The predicted molar refractivity (Wildman–Crippen MR) is 102 cm³/mol. The molecule has 1 saturated carbocycles. The van der Waals surface area contributed by atoms with Gasteiger partial charge in [-0.2, -0.15) is 0 Å². The van der Waals surface area contributed by atoms with Crippen LogP contribution in [0.1, 0.15) is 43.5 Å². The van der Waals surface area contributed by atoms with E-state index in [0.717, 1.165) is 45.1 Å². The van der Waals surface area contributed by atoms with Crippen molar-refractivity contribution in [3.63, 3.8) is 0 Å². The molecule has 2 heterocycles. The van der Waals surface area contributed by atoms with Gasteiger partial charge in [-0.3, -0.25) is 9.80 Å². The number of piperazine rings is 1. The summed E-state index contributed by atoms with van der Waals surface area (Å²) in [5, 5.41) is 12.2. The Labute approximate surface area is 156 Å². The van der Waals surface area contributed by atoms with Crippen LogP contribution in [-0.2, 0) is 13.1 Å². The molecule has 0 amide bonds. The number of aryl methyl sites for hydroxylation is 1. The van der Waals surface area contributed by atoms with Gasteiger partial charge in [0.1, 0.15) is 5.82 Å². The fourth-order valence-electron chi connectivity index (χ4n) is 4.68. The van der Waals surface area contributed by atoms with Gasteiger partial charge in [0.05, 0.1) is 6.54 Å². The zero-order valence-electron chi connectivity index (χ0n) is 15.8. The van der Waals surface area contributed by atoms with E-state index < -0.39 is 0 Å². The molecule has 1 aromatic heterocycles. The van der Waals surface area contributed by atoms with Crippen LogP contribution in [0.15, 0.2) is 30.3 Å². The monoisotopic (exact) mass is 354 g/mol. The predicted octanol–water partition coefficient (Wildman–Crippen LogP) is 2.50. The summed E-state index contributed by atoms with van der Waals surface area (Å²) in [7, 11) is 0. The Hall–Kier alpha value is -1.79. The first-order valence-electron chi connectivity index (χ1n) is 9.99. The minimum absolute atomic E-state index is 0.233. The highest BCUT2D eigenvalue weighted by Crippen LogP contribution is 2.36. The minimum atomic E-state index is 0.233. The fraction of sp³-hybridized carbons (Fsp3) is 0.650. The fourth-order valence-corrected chi connectivity index (χ4v) is 4.68. The summed E-state index contributed by atoms with van der Waals surface area (Å²) in [6.45, 7) is 8.59. The molecule has 1 aromatic carbocycles. The molecule has 2 aliphatic rings. The Morgan fingerprint density at radius 2 is 1.69 bits per heavy atom. The quantitative estimate of drug-likeness (QED) is 0.826. The zero-order chi connectivity index (χ0) is 17.8. The summed E-state index contributed by atoms with van der Waals surface area (Å²) in [4.78, 5) is 5.33. The maximum atomic E-state index is 4.24. The van der Waals surface area contributed by atoms with Crippen LogP contribution in [0.2, 0.25) is 0 Å². The highest BCUT2D eigenvalue weighted by Gasteiger charge is 2.40. The van der Waals surface area contributed by atoms with Gasteiger partial charge >= 0.3 is 0 Å². The summed E-state index contributed by atoms with van der Waals surface area (Å²) in [5.41, 5.74) is 1.65. The molecule has 0 unspecified atom stereocenters. The van der Waals surface area contributed by atoms with E-state index in [9.17, 15) is 0 Å². The Kier molecular flexibility index (Phi) is 5.31. The molecule has 0 radical (unpaired) electrons. The van der Waals surface area contributed by atoms with Crippen molar-refractivity contribution in [3.8, 4) is 0 Å². The molecule has 2 aromatic rings. The molecule has 1 aliphatic carbocycles. The third kappa shape index (κ3) is 3.81. The minimum Gasteiger partial charge on any atom is -0.297 e. The van der Waals surface area contributed by atoms with Gasteiger partial charge in [0.25, 0.3) is 0 Å². The highest BCUT2D eigenvalue weighted by molar-refractivity contribution is 5.14. The molecule has 0 atom stereocenters. The molecule has 0 spiro atoms. The van der Waals surface area contributed by atoms with E-state index in [1.807, 2.05) is 11.6 Å². The second-order valence-electron chi connectivity index (χ2n) is 7.92. The average molecular weight is 355 g/mol. The van der Waals surface area contributed by atoms with Crippen LogP contribution >= 0.6 is 0 Å². The summed E-state index contributed by atoms with van der Waals surface area (Å²) in [6.07, 6.45) is 6.55. The summed E-state index contributed by atoms with van der Waals surface area (Å²) < 4.78 is 2.02. The van der Waals surface area contributed by atoms with Gasteiger partial charge in [0.15, 0.2) is 0 Å². The topological polar surface area (TPSA) is 50.1 Å². The van der Waals surface area contributed by atoms with E-state index in [2.05, 4.69) is 55.7 Å². The van der Waals surface area contributed by atoms with Crippen LogP contribution < -0.4 is 0 Å². The molecule has 0 bridgehead atoms. The lowest BCUT2D eigenvalue weighted by molar-refractivity contribution is -0.00796. The van der Waals surface area contributed by atoms with Crippen LogP contribution in [0.4, 0.5) is 0 Å². The molecule has 26 heavy (non-hydrogen) atoms. The number of aromatic nitrogens is 4. The Balaban J connectivity index is 1.42. The molecule has 1 saturated heterocycles. The van der Waals surface area contributed by atoms with Gasteiger partial charge in [-0.05, 0) is 35.8 Å². The second kappa shape index (κ2) is 7.84. The smallest absolute Gasteiger partial charge is 0.148 e. The first-order chi connectivity index (χ1) is 12.8. The van der Waals surface area contributed by atoms with Crippen LogP contribution in [0.5, 0.6) is 0 Å². The van der Waals surface area contributed by atoms with E-state index in [1.54, 1.807) is 0 Å². The van der Waals surface area contributed by atoms with Crippen molar-refractivity contribution in [2.45, 2.75) is 57.7 Å². The summed E-state index contributed by atoms with van der Waals surface area (Å²) in [5.74, 6) is 0.928. The Morgan fingerprint density at radius 1 is 0.962 bits per heavy atom. The van der Waals surface area contributed by atoms with Crippen molar-refractivity contribution in [3.05, 3.63) is 41.7 Å². The largest absolute Gasteiger partial charge is 0.297 e. The summed E-state index contributed by atoms with van der Waals surface area (Å²) in [6, 6.07) is 10.8. The lowest BCUT2D eigenvalue weighted by Crippen LogP contribution is -2.59. The van der Waals surface area contributed by atoms with Gasteiger partial charge in [-0.1, -0.05) is 49.6 Å².